The van der Waals surface area contributed by atoms with E-state index in [4.69, 9.17) is 9.47 Å². The zero-order chi connectivity index (χ0) is 14.9. The second kappa shape index (κ2) is 5.08. The van der Waals surface area contributed by atoms with Crippen molar-refractivity contribution in [2.45, 2.75) is 6.92 Å². The van der Waals surface area contributed by atoms with Gasteiger partial charge in [0, 0.05) is 12.1 Å². The quantitative estimate of drug-likeness (QED) is 0.688. The van der Waals surface area contributed by atoms with Crippen LogP contribution in [0.1, 0.15) is 5.56 Å². The van der Waals surface area contributed by atoms with Gasteiger partial charge in [-0.25, -0.2) is 0 Å². The average Bonchev–Trinajstić information content (AvgIpc) is 2.35. The topological polar surface area (TPSA) is 99.4 Å². The highest BCUT2D eigenvalue weighted by atomic mass is 16.5. The van der Waals surface area contributed by atoms with Crippen LogP contribution in [0, 0.1) is 6.92 Å². The van der Waals surface area contributed by atoms with Gasteiger partial charge >= 0.3 is 0 Å². The lowest BCUT2D eigenvalue weighted by atomic mass is 10.2. The van der Waals surface area contributed by atoms with E-state index in [-0.39, 0.29) is 40.2 Å². The number of rotatable bonds is 3. The molecular weight excluding hydrogens is 264 g/mol. The van der Waals surface area contributed by atoms with Crippen molar-refractivity contribution in [3.8, 4) is 40.2 Å². The van der Waals surface area contributed by atoms with Gasteiger partial charge in [-0.3, -0.25) is 0 Å². The molecule has 0 spiro atoms. The minimum atomic E-state index is -0.388. The number of hydrogen-bond acceptors (Lipinski definition) is 6. The third kappa shape index (κ3) is 2.49. The molecule has 0 aromatic heterocycles. The van der Waals surface area contributed by atoms with Crippen molar-refractivity contribution in [2.75, 3.05) is 7.11 Å². The Balaban J connectivity index is 2.45. The predicted octanol–water partition coefficient (Wildman–Crippen LogP) is 2.62. The summed E-state index contributed by atoms with van der Waals surface area (Å²) in [6.45, 7) is 1.69. The summed E-state index contributed by atoms with van der Waals surface area (Å²) in [5.74, 6) is -1.70. The zero-order valence-electron chi connectivity index (χ0n) is 10.9. The fourth-order valence-electron chi connectivity index (χ4n) is 1.74. The highest BCUT2D eigenvalue weighted by Gasteiger charge is 2.17. The van der Waals surface area contributed by atoms with E-state index < -0.39 is 0 Å². The summed E-state index contributed by atoms with van der Waals surface area (Å²) in [4.78, 5) is 0. The van der Waals surface area contributed by atoms with Gasteiger partial charge in [-0.1, -0.05) is 0 Å². The Hall–Kier alpha value is -2.76. The van der Waals surface area contributed by atoms with E-state index >= 15 is 0 Å². The highest BCUT2D eigenvalue weighted by Crippen LogP contribution is 2.47. The maximum atomic E-state index is 9.77. The highest BCUT2D eigenvalue weighted by molar-refractivity contribution is 5.60. The van der Waals surface area contributed by atoms with Crippen molar-refractivity contribution < 1.29 is 29.9 Å². The molecule has 0 saturated carbocycles. The lowest BCUT2D eigenvalue weighted by Crippen LogP contribution is -1.90. The van der Waals surface area contributed by atoms with Crippen molar-refractivity contribution >= 4 is 0 Å². The third-order valence-corrected chi connectivity index (χ3v) is 2.66. The molecule has 20 heavy (non-hydrogen) atoms. The molecule has 0 unspecified atom stereocenters. The molecule has 0 aliphatic heterocycles. The van der Waals surface area contributed by atoms with Gasteiger partial charge in [-0.05, 0) is 24.6 Å². The number of phenols is 4. The first-order valence-corrected chi connectivity index (χ1v) is 5.72. The molecule has 0 radical (unpaired) electrons. The van der Waals surface area contributed by atoms with Crippen molar-refractivity contribution in [2.24, 2.45) is 0 Å². The Labute approximate surface area is 115 Å². The fourth-order valence-corrected chi connectivity index (χ4v) is 1.74. The zero-order valence-corrected chi connectivity index (χ0v) is 10.9. The molecule has 0 fully saturated rings. The SMILES string of the molecule is COc1cc(O)c(Oc2c(O)cc(C)cc2O)c(O)c1. The van der Waals surface area contributed by atoms with Gasteiger partial charge in [0.1, 0.15) is 5.75 Å². The molecule has 6 heteroatoms. The lowest BCUT2D eigenvalue weighted by Gasteiger charge is -2.13. The molecule has 0 aliphatic carbocycles. The first kappa shape index (κ1) is 13.7. The monoisotopic (exact) mass is 278 g/mol. The van der Waals surface area contributed by atoms with Crippen LogP contribution in [0.25, 0.3) is 0 Å². The number of phenolic OH excluding ortho intramolecular Hbond substituents is 4. The van der Waals surface area contributed by atoms with Gasteiger partial charge in [-0.2, -0.15) is 0 Å². The largest absolute Gasteiger partial charge is 0.504 e. The standard InChI is InChI=1S/C14H14O6/c1-7-3-9(15)13(10(16)4-7)20-14-11(17)5-8(19-2)6-12(14)18/h3-6,15-18H,1-2H3. The van der Waals surface area contributed by atoms with Crippen molar-refractivity contribution in [3.05, 3.63) is 29.8 Å². The van der Waals surface area contributed by atoms with E-state index in [1.807, 2.05) is 0 Å². The summed E-state index contributed by atoms with van der Waals surface area (Å²) >= 11 is 0. The van der Waals surface area contributed by atoms with E-state index in [0.29, 0.717) is 5.56 Å². The molecule has 0 heterocycles. The van der Waals surface area contributed by atoms with Gasteiger partial charge < -0.3 is 29.9 Å². The normalized spacial score (nSPS) is 10.3. The Morgan fingerprint density at radius 1 is 0.750 bits per heavy atom. The van der Waals surface area contributed by atoms with Crippen LogP contribution in [0.15, 0.2) is 24.3 Å². The molecule has 0 atom stereocenters. The number of methoxy groups -OCH3 is 1. The maximum absolute atomic E-state index is 9.77. The Kier molecular flexibility index (Phi) is 3.47. The number of hydrogen-bond donors (Lipinski definition) is 4. The van der Waals surface area contributed by atoms with Gasteiger partial charge in [0.05, 0.1) is 7.11 Å². The van der Waals surface area contributed by atoms with E-state index in [2.05, 4.69) is 0 Å². The molecule has 2 aromatic carbocycles. The predicted molar refractivity (Wildman–Crippen MR) is 70.9 cm³/mol. The number of benzene rings is 2. The van der Waals surface area contributed by atoms with Crippen molar-refractivity contribution in [1.82, 2.24) is 0 Å². The molecule has 2 aromatic rings. The van der Waals surface area contributed by atoms with Crippen LogP contribution in [0.4, 0.5) is 0 Å². The van der Waals surface area contributed by atoms with Gasteiger partial charge in [-0.15, -0.1) is 0 Å². The second-order valence-electron chi connectivity index (χ2n) is 4.23. The molecule has 4 N–H and O–H groups in total. The van der Waals surface area contributed by atoms with Crippen LogP contribution >= 0.6 is 0 Å². The van der Waals surface area contributed by atoms with Crippen LogP contribution in [0.3, 0.4) is 0 Å². The minimum Gasteiger partial charge on any atom is -0.504 e. The smallest absolute Gasteiger partial charge is 0.211 e. The van der Waals surface area contributed by atoms with E-state index in [9.17, 15) is 20.4 Å². The first-order chi connectivity index (χ1) is 9.42. The molecule has 106 valence electrons. The molecule has 0 amide bonds. The summed E-state index contributed by atoms with van der Waals surface area (Å²) in [5.41, 5.74) is 0.635. The van der Waals surface area contributed by atoms with Gasteiger partial charge in [0.2, 0.25) is 11.5 Å². The molecular formula is C14H14O6. The van der Waals surface area contributed by atoms with Crippen molar-refractivity contribution in [3.63, 3.8) is 0 Å². The molecule has 6 nitrogen and oxygen atoms in total. The molecule has 0 bridgehead atoms. The van der Waals surface area contributed by atoms with Crippen LogP contribution in [-0.2, 0) is 0 Å². The Morgan fingerprint density at radius 2 is 1.15 bits per heavy atom. The fraction of sp³-hybridized carbons (Fsp3) is 0.143. The first-order valence-electron chi connectivity index (χ1n) is 5.72. The number of aromatic hydroxyl groups is 4. The molecule has 2 rings (SSSR count). The van der Waals surface area contributed by atoms with Crippen LogP contribution in [0.5, 0.6) is 40.2 Å². The lowest BCUT2D eigenvalue weighted by molar-refractivity contribution is 0.337. The van der Waals surface area contributed by atoms with Gasteiger partial charge in [0.25, 0.3) is 0 Å². The summed E-state index contributed by atoms with van der Waals surface area (Å²) in [6, 6.07) is 5.23. The van der Waals surface area contributed by atoms with E-state index in [0.717, 1.165) is 0 Å². The Morgan fingerprint density at radius 3 is 1.55 bits per heavy atom. The summed E-state index contributed by atoms with van der Waals surface area (Å²) < 4.78 is 10.1. The molecule has 0 saturated heterocycles. The van der Waals surface area contributed by atoms with Crippen LogP contribution < -0.4 is 9.47 Å². The van der Waals surface area contributed by atoms with E-state index in [1.165, 1.54) is 31.4 Å². The Bertz CT molecular complexity index is 604. The number of aryl methyl sites for hydroxylation is 1. The van der Waals surface area contributed by atoms with E-state index in [1.54, 1.807) is 6.92 Å². The summed E-state index contributed by atoms with van der Waals surface area (Å²) in [7, 11) is 1.38. The minimum absolute atomic E-state index is 0.240. The van der Waals surface area contributed by atoms with Crippen molar-refractivity contribution in [1.29, 1.82) is 0 Å². The number of ether oxygens (including phenoxy) is 2. The third-order valence-electron chi connectivity index (χ3n) is 2.66. The van der Waals surface area contributed by atoms with Crippen LogP contribution in [-0.4, -0.2) is 27.5 Å². The van der Waals surface area contributed by atoms with Crippen LogP contribution in [0.2, 0.25) is 0 Å². The van der Waals surface area contributed by atoms with Gasteiger partial charge in [0.15, 0.2) is 23.0 Å². The second-order valence-corrected chi connectivity index (χ2v) is 4.23. The maximum Gasteiger partial charge on any atom is 0.211 e. The summed E-state index contributed by atoms with van der Waals surface area (Å²) in [5, 5.41) is 39.0. The summed E-state index contributed by atoms with van der Waals surface area (Å²) in [6.07, 6.45) is 0. The average molecular weight is 278 g/mol. The molecule has 0 aliphatic rings.